The molecule has 1 fully saturated rings. The fourth-order valence-corrected chi connectivity index (χ4v) is 3.70. The molecule has 2 aromatic rings. The van der Waals surface area contributed by atoms with Gasteiger partial charge in [-0.1, -0.05) is 12.1 Å². The summed E-state index contributed by atoms with van der Waals surface area (Å²) in [5.41, 5.74) is 0.858. The van der Waals surface area contributed by atoms with Crippen LogP contribution in [0.15, 0.2) is 46.7 Å². The maximum absolute atomic E-state index is 12.6. The smallest absolute Gasteiger partial charge is 0.227 e. The van der Waals surface area contributed by atoms with Crippen molar-refractivity contribution in [2.45, 2.75) is 35.9 Å². The number of benzene rings is 1. The molecule has 122 valence electrons. The molecule has 0 saturated carbocycles. The van der Waals surface area contributed by atoms with Crippen molar-refractivity contribution in [2.24, 2.45) is 13.0 Å². The summed E-state index contributed by atoms with van der Waals surface area (Å²) in [6, 6.07) is 8.29. The number of para-hydroxylation sites is 1. The Bertz CT molecular complexity index is 685. The van der Waals surface area contributed by atoms with Gasteiger partial charge in [-0.3, -0.25) is 4.79 Å². The van der Waals surface area contributed by atoms with E-state index in [-0.39, 0.29) is 11.8 Å². The number of aryl methyl sites for hydroxylation is 1. The standard InChI is InChI=1S/C17H22N4OS/c1-12-11-13(7-8-18-12)16(22)20-14-5-3-4-6-15(14)23-17-19-9-10-21(17)2/h3-6,9-10,12-13,18H,7-8,11H2,1-2H3,(H,20,22)/t12-,13-/m0/s1. The van der Waals surface area contributed by atoms with Gasteiger partial charge in [-0.15, -0.1) is 0 Å². The van der Waals surface area contributed by atoms with Crippen molar-refractivity contribution in [3.63, 3.8) is 0 Å². The van der Waals surface area contributed by atoms with Crippen LogP contribution in [-0.4, -0.2) is 28.0 Å². The van der Waals surface area contributed by atoms with Crippen molar-refractivity contribution in [3.8, 4) is 0 Å². The van der Waals surface area contributed by atoms with Crippen LogP contribution < -0.4 is 10.6 Å². The van der Waals surface area contributed by atoms with E-state index in [9.17, 15) is 4.79 Å². The SMILES string of the molecule is C[C@H]1C[C@@H](C(=O)Nc2ccccc2Sc2nccn2C)CCN1. The highest BCUT2D eigenvalue weighted by atomic mass is 32.2. The molecule has 3 rings (SSSR count). The number of hydrogen-bond acceptors (Lipinski definition) is 4. The van der Waals surface area contributed by atoms with E-state index in [0.29, 0.717) is 6.04 Å². The largest absolute Gasteiger partial charge is 0.329 e. The second-order valence-corrected chi connectivity index (χ2v) is 6.99. The Morgan fingerprint density at radius 2 is 2.26 bits per heavy atom. The highest BCUT2D eigenvalue weighted by molar-refractivity contribution is 7.99. The van der Waals surface area contributed by atoms with Gasteiger partial charge in [-0.05, 0) is 50.2 Å². The number of nitrogens with one attached hydrogen (secondary N) is 2. The Labute approximate surface area is 140 Å². The molecular weight excluding hydrogens is 308 g/mol. The summed E-state index contributed by atoms with van der Waals surface area (Å²) in [4.78, 5) is 17.9. The Balaban J connectivity index is 1.72. The van der Waals surface area contributed by atoms with Gasteiger partial charge < -0.3 is 15.2 Å². The van der Waals surface area contributed by atoms with E-state index in [4.69, 9.17) is 0 Å². The van der Waals surface area contributed by atoms with Crippen molar-refractivity contribution in [1.29, 1.82) is 0 Å². The summed E-state index contributed by atoms with van der Waals surface area (Å²) in [6.07, 6.45) is 5.48. The fourth-order valence-electron chi connectivity index (χ4n) is 2.81. The first-order valence-corrected chi connectivity index (χ1v) is 8.73. The minimum absolute atomic E-state index is 0.0810. The molecule has 2 N–H and O–H groups in total. The van der Waals surface area contributed by atoms with Gasteiger partial charge in [0.1, 0.15) is 0 Å². The molecule has 1 aromatic carbocycles. The van der Waals surface area contributed by atoms with Crippen LogP contribution in [0.4, 0.5) is 5.69 Å². The first-order chi connectivity index (χ1) is 11.1. The van der Waals surface area contributed by atoms with Crippen molar-refractivity contribution < 1.29 is 4.79 Å². The third-order valence-corrected chi connectivity index (χ3v) is 5.27. The van der Waals surface area contributed by atoms with Gasteiger partial charge >= 0.3 is 0 Å². The molecule has 1 saturated heterocycles. The molecule has 0 spiro atoms. The van der Waals surface area contributed by atoms with E-state index in [1.165, 1.54) is 0 Å². The molecule has 5 nitrogen and oxygen atoms in total. The minimum Gasteiger partial charge on any atom is -0.329 e. The summed E-state index contributed by atoms with van der Waals surface area (Å²) >= 11 is 1.56. The molecule has 0 radical (unpaired) electrons. The van der Waals surface area contributed by atoms with Gasteiger partial charge in [-0.25, -0.2) is 4.98 Å². The number of imidazole rings is 1. The van der Waals surface area contributed by atoms with E-state index in [1.54, 1.807) is 18.0 Å². The third-order valence-electron chi connectivity index (χ3n) is 4.12. The van der Waals surface area contributed by atoms with E-state index in [2.05, 4.69) is 22.5 Å². The molecule has 1 amide bonds. The second kappa shape index (κ2) is 7.19. The molecule has 0 unspecified atom stereocenters. The van der Waals surface area contributed by atoms with Crippen LogP contribution in [0.1, 0.15) is 19.8 Å². The molecule has 1 aliphatic heterocycles. The Kier molecular flexibility index (Phi) is 5.03. The summed E-state index contributed by atoms with van der Waals surface area (Å²) in [5, 5.41) is 7.40. The zero-order valence-electron chi connectivity index (χ0n) is 13.5. The molecule has 1 aromatic heterocycles. The molecular formula is C17H22N4OS. The minimum atomic E-state index is 0.0810. The Morgan fingerprint density at radius 3 is 3.00 bits per heavy atom. The molecule has 2 atom stereocenters. The summed E-state index contributed by atoms with van der Waals surface area (Å²) in [7, 11) is 1.97. The normalized spacial score (nSPS) is 21.1. The molecule has 1 aliphatic rings. The number of anilines is 1. The van der Waals surface area contributed by atoms with Crippen LogP contribution in [0.5, 0.6) is 0 Å². The molecule has 2 heterocycles. The van der Waals surface area contributed by atoms with Crippen LogP contribution in [0.3, 0.4) is 0 Å². The number of aromatic nitrogens is 2. The van der Waals surface area contributed by atoms with Gasteiger partial charge in [0.15, 0.2) is 5.16 Å². The van der Waals surface area contributed by atoms with Gasteiger partial charge in [0.2, 0.25) is 5.91 Å². The topological polar surface area (TPSA) is 59.0 Å². The summed E-state index contributed by atoms with van der Waals surface area (Å²) in [6.45, 7) is 3.03. The van der Waals surface area contributed by atoms with Gasteiger partial charge in [0.05, 0.1) is 5.69 Å². The van der Waals surface area contributed by atoms with E-state index < -0.39 is 0 Å². The lowest BCUT2D eigenvalue weighted by Crippen LogP contribution is -2.40. The van der Waals surface area contributed by atoms with Crippen molar-refractivity contribution in [1.82, 2.24) is 14.9 Å². The number of carbonyl (C=O) groups is 1. The number of hydrogen-bond donors (Lipinski definition) is 2. The third kappa shape index (κ3) is 3.95. The molecule has 0 bridgehead atoms. The lowest BCUT2D eigenvalue weighted by Gasteiger charge is -2.27. The first kappa shape index (κ1) is 16.1. The van der Waals surface area contributed by atoms with Crippen molar-refractivity contribution >= 4 is 23.4 Å². The monoisotopic (exact) mass is 330 g/mol. The highest BCUT2D eigenvalue weighted by Gasteiger charge is 2.25. The zero-order chi connectivity index (χ0) is 16.2. The lowest BCUT2D eigenvalue weighted by molar-refractivity contribution is -0.120. The predicted octanol–water partition coefficient (Wildman–Crippen LogP) is 2.90. The fraction of sp³-hybridized carbons (Fsp3) is 0.412. The van der Waals surface area contributed by atoms with Gasteiger partial charge in [0, 0.05) is 36.3 Å². The average molecular weight is 330 g/mol. The zero-order valence-corrected chi connectivity index (χ0v) is 14.3. The maximum atomic E-state index is 12.6. The first-order valence-electron chi connectivity index (χ1n) is 7.92. The van der Waals surface area contributed by atoms with Crippen LogP contribution >= 0.6 is 11.8 Å². The van der Waals surface area contributed by atoms with Crippen molar-refractivity contribution in [3.05, 3.63) is 36.7 Å². The molecule has 0 aliphatic carbocycles. The van der Waals surface area contributed by atoms with Crippen LogP contribution in [0.25, 0.3) is 0 Å². The molecule has 6 heteroatoms. The van der Waals surface area contributed by atoms with Crippen LogP contribution in [-0.2, 0) is 11.8 Å². The summed E-state index contributed by atoms with van der Waals surface area (Å²) < 4.78 is 1.97. The number of piperidine rings is 1. The number of amides is 1. The predicted molar refractivity (Wildman–Crippen MR) is 92.6 cm³/mol. The number of rotatable bonds is 4. The lowest BCUT2D eigenvalue weighted by atomic mass is 9.92. The second-order valence-electron chi connectivity index (χ2n) is 5.98. The maximum Gasteiger partial charge on any atom is 0.227 e. The quantitative estimate of drug-likeness (QED) is 0.905. The van der Waals surface area contributed by atoms with E-state index in [1.807, 2.05) is 42.1 Å². The number of nitrogens with zero attached hydrogens (tertiary/aromatic N) is 2. The summed E-state index contributed by atoms with van der Waals surface area (Å²) in [5.74, 6) is 0.198. The molecule has 23 heavy (non-hydrogen) atoms. The number of carbonyl (C=O) groups excluding carboxylic acids is 1. The average Bonchev–Trinajstić information content (AvgIpc) is 2.94. The van der Waals surface area contributed by atoms with E-state index in [0.717, 1.165) is 35.1 Å². The Hall–Kier alpha value is -1.79. The van der Waals surface area contributed by atoms with Crippen LogP contribution in [0, 0.1) is 5.92 Å². The van der Waals surface area contributed by atoms with Crippen LogP contribution in [0.2, 0.25) is 0 Å². The van der Waals surface area contributed by atoms with E-state index >= 15 is 0 Å². The van der Waals surface area contributed by atoms with Gasteiger partial charge in [-0.2, -0.15) is 0 Å². The van der Waals surface area contributed by atoms with Gasteiger partial charge in [0.25, 0.3) is 0 Å². The Morgan fingerprint density at radius 1 is 1.43 bits per heavy atom. The van der Waals surface area contributed by atoms with Crippen molar-refractivity contribution in [2.75, 3.05) is 11.9 Å². The highest BCUT2D eigenvalue weighted by Crippen LogP contribution is 2.32.